The maximum Gasteiger partial charge on any atom is 0.320 e. The topological polar surface area (TPSA) is 61.8 Å². The Bertz CT molecular complexity index is 435. The third-order valence-electron chi connectivity index (χ3n) is 3.37. The summed E-state index contributed by atoms with van der Waals surface area (Å²) >= 11 is 0. The van der Waals surface area contributed by atoms with Crippen LogP contribution in [0, 0.1) is 0 Å². The molecule has 1 aromatic carbocycles. The van der Waals surface area contributed by atoms with E-state index in [1.807, 2.05) is 45.3 Å². The summed E-state index contributed by atoms with van der Waals surface area (Å²) in [6.07, 6.45) is 0.563. The van der Waals surface area contributed by atoms with Crippen molar-refractivity contribution in [3.8, 4) is 5.75 Å². The van der Waals surface area contributed by atoms with Crippen molar-refractivity contribution >= 4 is 5.97 Å². The van der Waals surface area contributed by atoms with E-state index in [-0.39, 0.29) is 6.04 Å². The van der Waals surface area contributed by atoms with Crippen LogP contribution in [0.25, 0.3) is 0 Å². The lowest BCUT2D eigenvalue weighted by Crippen LogP contribution is -2.41. The molecule has 0 radical (unpaired) electrons. The molecule has 1 aromatic rings. The number of carboxylic acids is 1. The predicted octanol–water partition coefficient (Wildman–Crippen LogP) is 1.75. The van der Waals surface area contributed by atoms with E-state index in [4.69, 9.17) is 9.84 Å². The predicted molar refractivity (Wildman–Crippen MR) is 79.1 cm³/mol. The molecule has 0 amide bonds. The molecule has 2 N–H and O–H groups in total. The van der Waals surface area contributed by atoms with Gasteiger partial charge >= 0.3 is 5.97 Å². The first-order valence-electron chi connectivity index (χ1n) is 6.76. The summed E-state index contributed by atoms with van der Waals surface area (Å²) < 4.78 is 5.24. The number of hydrogen-bond acceptors (Lipinski definition) is 4. The fraction of sp³-hybridized carbons (Fsp3) is 0.533. The Morgan fingerprint density at radius 1 is 1.45 bits per heavy atom. The Morgan fingerprint density at radius 2 is 2.15 bits per heavy atom. The van der Waals surface area contributed by atoms with Crippen molar-refractivity contribution in [2.24, 2.45) is 0 Å². The lowest BCUT2D eigenvalue weighted by atomic mass is 10.0. The third kappa shape index (κ3) is 4.51. The van der Waals surface area contributed by atoms with Gasteiger partial charge in [-0.1, -0.05) is 19.1 Å². The third-order valence-corrected chi connectivity index (χ3v) is 3.37. The molecule has 0 spiro atoms. The van der Waals surface area contributed by atoms with Crippen molar-refractivity contribution in [1.29, 1.82) is 0 Å². The standard InChI is InChI=1S/C15H24N2O3/c1-5-13(15(18)19)16-10-14(17(2)3)11-7-6-8-12(9-11)20-4/h6-9,13-14,16H,5,10H2,1-4H3,(H,18,19). The number of carbonyl (C=O) groups is 1. The van der Waals surface area contributed by atoms with Crippen LogP contribution in [0.1, 0.15) is 24.9 Å². The maximum absolute atomic E-state index is 11.1. The molecule has 5 heteroatoms. The molecular formula is C15H24N2O3. The summed E-state index contributed by atoms with van der Waals surface area (Å²) in [5, 5.41) is 12.2. The molecule has 20 heavy (non-hydrogen) atoms. The number of aliphatic carboxylic acids is 1. The second kappa shape index (κ2) is 7.87. The molecular weight excluding hydrogens is 256 g/mol. The monoisotopic (exact) mass is 280 g/mol. The van der Waals surface area contributed by atoms with E-state index in [9.17, 15) is 4.79 Å². The number of nitrogens with zero attached hydrogens (tertiary/aromatic N) is 1. The van der Waals surface area contributed by atoms with Gasteiger partial charge in [-0.25, -0.2) is 0 Å². The van der Waals surface area contributed by atoms with Crippen LogP contribution in [-0.4, -0.2) is 49.8 Å². The smallest absolute Gasteiger partial charge is 0.320 e. The second-order valence-corrected chi connectivity index (χ2v) is 4.96. The van der Waals surface area contributed by atoms with Gasteiger partial charge in [-0.05, 0) is 38.2 Å². The largest absolute Gasteiger partial charge is 0.497 e. The van der Waals surface area contributed by atoms with Gasteiger partial charge in [0, 0.05) is 12.6 Å². The van der Waals surface area contributed by atoms with Crippen molar-refractivity contribution in [3.63, 3.8) is 0 Å². The van der Waals surface area contributed by atoms with Crippen LogP contribution in [0.4, 0.5) is 0 Å². The summed E-state index contributed by atoms with van der Waals surface area (Å²) in [7, 11) is 5.60. The number of nitrogens with one attached hydrogen (secondary N) is 1. The van der Waals surface area contributed by atoms with Crippen LogP contribution in [-0.2, 0) is 4.79 Å². The SMILES string of the molecule is CCC(NCC(c1cccc(OC)c1)N(C)C)C(=O)O. The molecule has 0 saturated heterocycles. The van der Waals surface area contributed by atoms with Gasteiger partial charge in [-0.2, -0.15) is 0 Å². The summed E-state index contributed by atoms with van der Waals surface area (Å²) in [5.74, 6) is -0.00438. The fourth-order valence-corrected chi connectivity index (χ4v) is 2.11. The lowest BCUT2D eigenvalue weighted by molar-refractivity contribution is -0.139. The van der Waals surface area contributed by atoms with E-state index in [1.54, 1.807) is 7.11 Å². The average molecular weight is 280 g/mol. The van der Waals surface area contributed by atoms with Crippen LogP contribution in [0.15, 0.2) is 24.3 Å². The summed E-state index contributed by atoms with van der Waals surface area (Å²) in [5.41, 5.74) is 1.10. The van der Waals surface area contributed by atoms with Crippen LogP contribution in [0.5, 0.6) is 5.75 Å². The number of rotatable bonds is 8. The highest BCUT2D eigenvalue weighted by molar-refractivity contribution is 5.73. The van der Waals surface area contributed by atoms with E-state index in [0.29, 0.717) is 13.0 Å². The Labute approximate surface area is 120 Å². The zero-order valence-corrected chi connectivity index (χ0v) is 12.6. The molecule has 2 unspecified atom stereocenters. The molecule has 0 bridgehead atoms. The van der Waals surface area contributed by atoms with Gasteiger partial charge in [0.1, 0.15) is 11.8 Å². The van der Waals surface area contributed by atoms with Crippen LogP contribution in [0.2, 0.25) is 0 Å². The molecule has 0 fully saturated rings. The number of likely N-dealkylation sites (N-methyl/N-ethyl adjacent to an activating group) is 1. The molecule has 0 heterocycles. The Hall–Kier alpha value is -1.59. The van der Waals surface area contributed by atoms with Crippen LogP contribution >= 0.6 is 0 Å². The number of ether oxygens (including phenoxy) is 1. The number of hydrogen-bond donors (Lipinski definition) is 2. The first kappa shape index (κ1) is 16.5. The van der Waals surface area contributed by atoms with Crippen molar-refractivity contribution in [2.75, 3.05) is 27.7 Å². The minimum absolute atomic E-state index is 0.0958. The van der Waals surface area contributed by atoms with Crippen molar-refractivity contribution in [2.45, 2.75) is 25.4 Å². The molecule has 0 saturated carbocycles. The maximum atomic E-state index is 11.1. The van der Waals surface area contributed by atoms with Gasteiger partial charge < -0.3 is 20.1 Å². The van der Waals surface area contributed by atoms with Crippen molar-refractivity contribution < 1.29 is 14.6 Å². The highest BCUT2D eigenvalue weighted by Gasteiger charge is 2.19. The summed E-state index contributed by atoms with van der Waals surface area (Å²) in [6, 6.07) is 7.43. The molecule has 2 atom stereocenters. The Kier molecular flexibility index (Phi) is 6.48. The van der Waals surface area contributed by atoms with E-state index in [2.05, 4.69) is 10.2 Å². The average Bonchev–Trinajstić information content (AvgIpc) is 2.42. The quantitative estimate of drug-likeness (QED) is 0.759. The highest BCUT2D eigenvalue weighted by Crippen LogP contribution is 2.22. The molecule has 112 valence electrons. The van der Waals surface area contributed by atoms with Crippen LogP contribution < -0.4 is 10.1 Å². The minimum Gasteiger partial charge on any atom is -0.497 e. The highest BCUT2D eigenvalue weighted by atomic mass is 16.5. The van der Waals surface area contributed by atoms with Crippen molar-refractivity contribution in [1.82, 2.24) is 10.2 Å². The number of methoxy groups -OCH3 is 1. The summed E-state index contributed by atoms with van der Waals surface area (Å²) in [4.78, 5) is 13.1. The van der Waals surface area contributed by atoms with Gasteiger partial charge in [-0.15, -0.1) is 0 Å². The van der Waals surface area contributed by atoms with Crippen molar-refractivity contribution in [3.05, 3.63) is 29.8 Å². The van der Waals surface area contributed by atoms with Gasteiger partial charge in [0.15, 0.2) is 0 Å². The first-order valence-corrected chi connectivity index (χ1v) is 6.76. The van der Waals surface area contributed by atoms with E-state index >= 15 is 0 Å². The summed E-state index contributed by atoms with van der Waals surface area (Å²) in [6.45, 7) is 2.44. The lowest BCUT2D eigenvalue weighted by Gasteiger charge is -2.27. The number of benzene rings is 1. The number of carboxylic acid groups (broad SMARTS) is 1. The molecule has 0 aliphatic carbocycles. The Balaban J connectivity index is 2.81. The van der Waals surface area contributed by atoms with Crippen LogP contribution in [0.3, 0.4) is 0 Å². The Morgan fingerprint density at radius 3 is 2.65 bits per heavy atom. The zero-order chi connectivity index (χ0) is 15.1. The fourth-order valence-electron chi connectivity index (χ4n) is 2.11. The first-order chi connectivity index (χ1) is 9.49. The zero-order valence-electron chi connectivity index (χ0n) is 12.6. The normalized spacial score (nSPS) is 14.1. The van der Waals surface area contributed by atoms with E-state index < -0.39 is 12.0 Å². The van der Waals surface area contributed by atoms with Gasteiger partial charge in [-0.3, -0.25) is 4.79 Å². The molecule has 0 aliphatic rings. The molecule has 5 nitrogen and oxygen atoms in total. The van der Waals surface area contributed by atoms with E-state index in [0.717, 1.165) is 11.3 Å². The molecule has 1 rings (SSSR count). The van der Waals surface area contributed by atoms with Gasteiger partial charge in [0.2, 0.25) is 0 Å². The molecule has 0 aliphatic heterocycles. The van der Waals surface area contributed by atoms with Gasteiger partial charge in [0.05, 0.1) is 7.11 Å². The minimum atomic E-state index is -0.810. The van der Waals surface area contributed by atoms with E-state index in [1.165, 1.54) is 0 Å². The second-order valence-electron chi connectivity index (χ2n) is 4.96. The molecule has 0 aromatic heterocycles. The van der Waals surface area contributed by atoms with Gasteiger partial charge in [0.25, 0.3) is 0 Å².